The number of nitrogens with two attached hydrogens (primary N) is 1. The number of methoxy groups -OCH3 is 1. The minimum absolute atomic E-state index is 0.0600. The molecule has 0 radical (unpaired) electrons. The molecule has 0 fully saturated rings. The van der Waals surface area contributed by atoms with Gasteiger partial charge < -0.3 is 15.8 Å². The van der Waals surface area contributed by atoms with E-state index < -0.39 is 0 Å². The van der Waals surface area contributed by atoms with Crippen molar-refractivity contribution in [3.05, 3.63) is 59.7 Å². The molecule has 4 nitrogen and oxygen atoms in total. The lowest BCUT2D eigenvalue weighted by molar-refractivity contribution is -0.121. The molecule has 1 unspecified atom stereocenters. The molecule has 4 heteroatoms. The van der Waals surface area contributed by atoms with Gasteiger partial charge in [-0.2, -0.15) is 0 Å². The Kier molecular flexibility index (Phi) is 4.82. The minimum Gasteiger partial charge on any atom is -0.496 e. The first-order chi connectivity index (χ1) is 10.1. The lowest BCUT2D eigenvalue weighted by atomic mass is 10.1. The van der Waals surface area contributed by atoms with Crippen molar-refractivity contribution in [1.29, 1.82) is 0 Å². The molecule has 1 amide bonds. The largest absolute Gasteiger partial charge is 0.496 e. The van der Waals surface area contributed by atoms with E-state index in [1.165, 1.54) is 0 Å². The maximum Gasteiger partial charge on any atom is 0.225 e. The van der Waals surface area contributed by atoms with Gasteiger partial charge in [0, 0.05) is 11.3 Å². The Labute approximate surface area is 124 Å². The molecule has 0 aliphatic rings. The zero-order valence-corrected chi connectivity index (χ0v) is 12.3. The summed E-state index contributed by atoms with van der Waals surface area (Å²) in [5.74, 6) is 0.662. The lowest BCUT2D eigenvalue weighted by Gasteiger charge is -2.16. The number of ether oxygens (including phenoxy) is 1. The van der Waals surface area contributed by atoms with Crippen LogP contribution in [0.5, 0.6) is 5.75 Å². The second kappa shape index (κ2) is 6.79. The Morgan fingerprint density at radius 1 is 1.19 bits per heavy atom. The number of anilines is 1. The SMILES string of the molecule is COc1ccccc1CC(=O)NC(C)c1ccccc1N. The molecule has 0 bridgehead atoms. The first-order valence-corrected chi connectivity index (χ1v) is 6.87. The topological polar surface area (TPSA) is 64.3 Å². The molecule has 2 aromatic carbocycles. The number of rotatable bonds is 5. The van der Waals surface area contributed by atoms with Crippen LogP contribution < -0.4 is 15.8 Å². The number of amides is 1. The van der Waals surface area contributed by atoms with E-state index in [4.69, 9.17) is 10.5 Å². The number of carbonyl (C=O) groups is 1. The average Bonchev–Trinajstić information content (AvgIpc) is 2.48. The van der Waals surface area contributed by atoms with E-state index >= 15 is 0 Å². The highest BCUT2D eigenvalue weighted by Crippen LogP contribution is 2.21. The number of para-hydroxylation sites is 2. The van der Waals surface area contributed by atoms with Gasteiger partial charge in [-0.25, -0.2) is 0 Å². The van der Waals surface area contributed by atoms with Gasteiger partial charge in [0.05, 0.1) is 19.6 Å². The maximum absolute atomic E-state index is 12.2. The van der Waals surface area contributed by atoms with Gasteiger partial charge in [0.15, 0.2) is 0 Å². The molecular formula is C17H20N2O2. The second-order valence-electron chi connectivity index (χ2n) is 4.91. The van der Waals surface area contributed by atoms with Crippen molar-refractivity contribution in [2.45, 2.75) is 19.4 Å². The van der Waals surface area contributed by atoms with Crippen LogP contribution in [0.15, 0.2) is 48.5 Å². The number of carbonyl (C=O) groups excluding carboxylic acids is 1. The van der Waals surface area contributed by atoms with E-state index in [9.17, 15) is 4.79 Å². The van der Waals surface area contributed by atoms with Crippen molar-refractivity contribution < 1.29 is 9.53 Å². The number of hydrogen-bond acceptors (Lipinski definition) is 3. The zero-order chi connectivity index (χ0) is 15.2. The van der Waals surface area contributed by atoms with E-state index in [1.54, 1.807) is 7.11 Å². The first-order valence-electron chi connectivity index (χ1n) is 6.87. The van der Waals surface area contributed by atoms with Crippen LogP contribution in [-0.2, 0) is 11.2 Å². The van der Waals surface area contributed by atoms with Crippen molar-refractivity contribution in [3.8, 4) is 5.75 Å². The maximum atomic E-state index is 12.2. The number of benzene rings is 2. The summed E-state index contributed by atoms with van der Waals surface area (Å²) in [6.45, 7) is 1.92. The predicted molar refractivity (Wildman–Crippen MR) is 84.1 cm³/mol. The first kappa shape index (κ1) is 14.9. The van der Waals surface area contributed by atoms with Gasteiger partial charge in [-0.1, -0.05) is 36.4 Å². The minimum atomic E-state index is -0.131. The molecular weight excluding hydrogens is 264 g/mol. The molecule has 0 saturated heterocycles. The van der Waals surface area contributed by atoms with Crippen LogP contribution in [0.2, 0.25) is 0 Å². The summed E-state index contributed by atoms with van der Waals surface area (Å²) in [5.41, 5.74) is 8.40. The van der Waals surface area contributed by atoms with Crippen LogP contribution in [0, 0.1) is 0 Å². The van der Waals surface area contributed by atoms with Crippen LogP contribution in [0.25, 0.3) is 0 Å². The molecule has 3 N–H and O–H groups in total. The Morgan fingerprint density at radius 2 is 1.86 bits per heavy atom. The van der Waals surface area contributed by atoms with Gasteiger partial charge in [0.2, 0.25) is 5.91 Å². The predicted octanol–water partition coefficient (Wildman–Crippen LogP) is 2.70. The van der Waals surface area contributed by atoms with E-state index in [0.29, 0.717) is 5.69 Å². The van der Waals surface area contributed by atoms with Gasteiger partial charge in [-0.3, -0.25) is 4.79 Å². The second-order valence-corrected chi connectivity index (χ2v) is 4.91. The van der Waals surface area contributed by atoms with Crippen molar-refractivity contribution in [1.82, 2.24) is 5.32 Å². The van der Waals surface area contributed by atoms with Crippen molar-refractivity contribution in [3.63, 3.8) is 0 Å². The number of nitrogen functional groups attached to an aromatic ring is 1. The normalized spacial score (nSPS) is 11.7. The van der Waals surface area contributed by atoms with Crippen molar-refractivity contribution >= 4 is 11.6 Å². The Morgan fingerprint density at radius 3 is 2.57 bits per heavy atom. The third kappa shape index (κ3) is 3.75. The van der Waals surface area contributed by atoms with Crippen molar-refractivity contribution in [2.24, 2.45) is 0 Å². The highest BCUT2D eigenvalue weighted by Gasteiger charge is 2.13. The number of hydrogen-bond donors (Lipinski definition) is 2. The van der Waals surface area contributed by atoms with Gasteiger partial charge in [0.1, 0.15) is 5.75 Å². The summed E-state index contributed by atoms with van der Waals surface area (Å²) >= 11 is 0. The Bertz CT molecular complexity index is 626. The van der Waals surface area contributed by atoms with E-state index in [2.05, 4.69) is 5.32 Å². The highest BCUT2D eigenvalue weighted by atomic mass is 16.5. The fraction of sp³-hybridized carbons (Fsp3) is 0.235. The van der Waals surface area contributed by atoms with Gasteiger partial charge in [-0.05, 0) is 24.6 Å². The van der Waals surface area contributed by atoms with Gasteiger partial charge in [-0.15, -0.1) is 0 Å². The van der Waals surface area contributed by atoms with Crippen molar-refractivity contribution in [2.75, 3.05) is 12.8 Å². The summed E-state index contributed by atoms with van der Waals surface area (Å²) in [7, 11) is 1.60. The molecule has 0 aromatic heterocycles. The van der Waals surface area contributed by atoms with Crippen LogP contribution in [0.1, 0.15) is 24.1 Å². The smallest absolute Gasteiger partial charge is 0.225 e. The Hall–Kier alpha value is -2.49. The fourth-order valence-corrected chi connectivity index (χ4v) is 2.30. The number of nitrogens with one attached hydrogen (secondary N) is 1. The molecule has 2 rings (SSSR count). The molecule has 0 heterocycles. The lowest BCUT2D eigenvalue weighted by Crippen LogP contribution is -2.28. The van der Waals surface area contributed by atoms with Gasteiger partial charge >= 0.3 is 0 Å². The molecule has 0 aliphatic carbocycles. The summed E-state index contributed by atoms with van der Waals surface area (Å²) in [6.07, 6.45) is 0.279. The monoisotopic (exact) mass is 284 g/mol. The van der Waals surface area contributed by atoms with Crippen LogP contribution in [0.4, 0.5) is 5.69 Å². The Balaban J connectivity index is 2.03. The summed E-state index contributed by atoms with van der Waals surface area (Å²) in [4.78, 5) is 12.2. The van der Waals surface area contributed by atoms with Crippen LogP contribution in [-0.4, -0.2) is 13.0 Å². The third-order valence-electron chi connectivity index (χ3n) is 3.38. The zero-order valence-electron chi connectivity index (χ0n) is 12.3. The van der Waals surface area contributed by atoms with E-state index in [0.717, 1.165) is 16.9 Å². The van der Waals surface area contributed by atoms with Crippen LogP contribution in [0.3, 0.4) is 0 Å². The summed E-state index contributed by atoms with van der Waals surface area (Å²) < 4.78 is 5.25. The molecule has 1 atom stereocenters. The van der Waals surface area contributed by atoms with Crippen LogP contribution >= 0.6 is 0 Å². The molecule has 0 spiro atoms. The fourth-order valence-electron chi connectivity index (χ4n) is 2.30. The summed E-state index contributed by atoms with van der Waals surface area (Å²) in [6, 6.07) is 14.9. The molecule has 0 saturated carbocycles. The quantitative estimate of drug-likeness (QED) is 0.830. The van der Waals surface area contributed by atoms with E-state index in [-0.39, 0.29) is 18.4 Å². The molecule has 110 valence electrons. The molecule has 2 aromatic rings. The average molecular weight is 284 g/mol. The third-order valence-corrected chi connectivity index (χ3v) is 3.38. The molecule has 0 aliphatic heterocycles. The highest BCUT2D eigenvalue weighted by molar-refractivity contribution is 5.80. The van der Waals surface area contributed by atoms with E-state index in [1.807, 2.05) is 55.5 Å². The standard InChI is InChI=1S/C17H20N2O2/c1-12(14-8-4-5-9-15(14)18)19-17(20)11-13-7-3-6-10-16(13)21-2/h3-10,12H,11,18H2,1-2H3,(H,19,20). The van der Waals surface area contributed by atoms with Gasteiger partial charge in [0.25, 0.3) is 0 Å². The molecule has 21 heavy (non-hydrogen) atoms. The summed E-state index contributed by atoms with van der Waals surface area (Å²) in [5, 5.41) is 2.96.